The van der Waals surface area contributed by atoms with Crippen molar-refractivity contribution in [3.05, 3.63) is 36.1 Å². The monoisotopic (exact) mass is 299 g/mol. The fourth-order valence-electron chi connectivity index (χ4n) is 2.35. The average molecular weight is 299 g/mol. The van der Waals surface area contributed by atoms with Crippen LogP contribution in [0.3, 0.4) is 0 Å². The zero-order valence-corrected chi connectivity index (χ0v) is 11.7. The first-order chi connectivity index (χ1) is 10.8. The summed E-state index contributed by atoms with van der Waals surface area (Å²) in [7, 11) is 0. The van der Waals surface area contributed by atoms with Gasteiger partial charge >= 0.3 is 0 Å². The lowest BCUT2D eigenvalue weighted by Gasteiger charge is -2.31. The predicted octanol–water partition coefficient (Wildman–Crippen LogP) is 1.02. The van der Waals surface area contributed by atoms with E-state index in [1.165, 1.54) is 24.7 Å². The summed E-state index contributed by atoms with van der Waals surface area (Å²) in [6.07, 6.45) is 5.69. The summed E-state index contributed by atoms with van der Waals surface area (Å²) in [6, 6.07) is 3.47. The Morgan fingerprint density at radius 3 is 3.05 bits per heavy atom. The summed E-state index contributed by atoms with van der Waals surface area (Å²) in [5.74, 6) is 0.187. The molecule has 3 rings (SSSR count). The topological polar surface area (TPSA) is 105 Å². The molecule has 0 N–H and O–H groups in total. The second-order valence-electron chi connectivity index (χ2n) is 4.83. The fraction of sp³-hybridized carbons (Fsp3) is 0.357. The number of carbonyl (C=O) groups excluding carboxylic acids is 1. The molecule has 8 heteroatoms. The molecule has 0 aromatic carbocycles. The molecule has 0 radical (unpaired) electrons. The number of amides is 1. The van der Waals surface area contributed by atoms with Gasteiger partial charge in [0.1, 0.15) is 12.2 Å². The van der Waals surface area contributed by atoms with Crippen LogP contribution in [0.4, 0.5) is 0 Å². The van der Waals surface area contributed by atoms with Crippen molar-refractivity contribution >= 4 is 5.91 Å². The second kappa shape index (κ2) is 6.22. The third kappa shape index (κ3) is 2.88. The van der Waals surface area contributed by atoms with Crippen molar-refractivity contribution in [3.63, 3.8) is 0 Å². The molecule has 0 saturated carbocycles. The van der Waals surface area contributed by atoms with Gasteiger partial charge in [0, 0.05) is 25.0 Å². The standard InChI is InChI=1S/C14H13N5O3/c15-8-11-13(17-6-5-16-11)21-10-2-1-7-19(9-10)14(20)12-3-4-18-22-12/h3-6,10H,1-2,7,9H2. The molecule has 22 heavy (non-hydrogen) atoms. The van der Waals surface area contributed by atoms with Crippen LogP contribution in [-0.4, -0.2) is 45.1 Å². The van der Waals surface area contributed by atoms with E-state index in [4.69, 9.17) is 14.5 Å². The van der Waals surface area contributed by atoms with Crippen LogP contribution in [0.1, 0.15) is 29.1 Å². The quantitative estimate of drug-likeness (QED) is 0.833. The highest BCUT2D eigenvalue weighted by atomic mass is 16.5. The minimum Gasteiger partial charge on any atom is -0.470 e. The Balaban J connectivity index is 1.68. The minimum absolute atomic E-state index is 0.140. The Morgan fingerprint density at radius 1 is 1.41 bits per heavy atom. The van der Waals surface area contributed by atoms with Crippen LogP contribution < -0.4 is 4.74 Å². The zero-order valence-electron chi connectivity index (χ0n) is 11.7. The highest BCUT2D eigenvalue weighted by Gasteiger charge is 2.28. The number of piperidine rings is 1. The summed E-state index contributed by atoms with van der Waals surface area (Å²) in [5.41, 5.74) is 0.140. The molecule has 3 heterocycles. The maximum Gasteiger partial charge on any atom is 0.292 e. The number of nitrogens with zero attached hydrogens (tertiary/aromatic N) is 5. The van der Waals surface area contributed by atoms with Gasteiger partial charge < -0.3 is 14.2 Å². The third-order valence-corrected chi connectivity index (χ3v) is 3.36. The van der Waals surface area contributed by atoms with Gasteiger partial charge in [-0.1, -0.05) is 5.16 Å². The predicted molar refractivity (Wildman–Crippen MR) is 72.8 cm³/mol. The lowest BCUT2D eigenvalue weighted by atomic mass is 10.1. The normalized spacial score (nSPS) is 17.8. The van der Waals surface area contributed by atoms with Crippen LogP contribution in [0.25, 0.3) is 0 Å². The molecule has 1 aliphatic rings. The minimum atomic E-state index is -0.232. The largest absolute Gasteiger partial charge is 0.470 e. The van der Waals surface area contributed by atoms with E-state index < -0.39 is 0 Å². The number of carbonyl (C=O) groups is 1. The van der Waals surface area contributed by atoms with E-state index in [9.17, 15) is 4.79 Å². The molecular formula is C14H13N5O3. The number of hydrogen-bond acceptors (Lipinski definition) is 7. The van der Waals surface area contributed by atoms with Crippen LogP contribution >= 0.6 is 0 Å². The maximum atomic E-state index is 12.2. The van der Waals surface area contributed by atoms with Crippen molar-refractivity contribution in [2.24, 2.45) is 0 Å². The zero-order chi connectivity index (χ0) is 15.4. The number of likely N-dealkylation sites (tertiary alicyclic amines) is 1. The number of nitriles is 1. The Bertz CT molecular complexity index is 695. The van der Waals surface area contributed by atoms with Crippen molar-refractivity contribution < 1.29 is 14.1 Å². The van der Waals surface area contributed by atoms with Gasteiger partial charge in [-0.15, -0.1) is 0 Å². The van der Waals surface area contributed by atoms with Gasteiger partial charge in [0.15, 0.2) is 0 Å². The lowest BCUT2D eigenvalue weighted by Crippen LogP contribution is -2.44. The molecule has 1 saturated heterocycles. The number of rotatable bonds is 3. The fourth-order valence-corrected chi connectivity index (χ4v) is 2.35. The van der Waals surface area contributed by atoms with Crippen LogP contribution in [0.5, 0.6) is 5.88 Å². The molecule has 0 spiro atoms. The second-order valence-corrected chi connectivity index (χ2v) is 4.83. The molecule has 1 amide bonds. The molecule has 8 nitrogen and oxygen atoms in total. The van der Waals surface area contributed by atoms with Gasteiger partial charge in [-0.2, -0.15) is 5.26 Å². The SMILES string of the molecule is N#Cc1nccnc1OC1CCCN(C(=O)c2ccno2)C1. The molecule has 1 unspecified atom stereocenters. The smallest absolute Gasteiger partial charge is 0.292 e. The summed E-state index contributed by atoms with van der Waals surface area (Å²) in [5, 5.41) is 12.5. The Labute approximate surface area is 126 Å². The average Bonchev–Trinajstić information content (AvgIpc) is 3.09. The number of hydrogen-bond donors (Lipinski definition) is 0. The maximum absolute atomic E-state index is 12.2. The van der Waals surface area contributed by atoms with Crippen molar-refractivity contribution in [1.29, 1.82) is 5.26 Å². The summed E-state index contributed by atoms with van der Waals surface area (Å²) < 4.78 is 10.6. The highest BCUT2D eigenvalue weighted by Crippen LogP contribution is 2.19. The molecule has 112 valence electrons. The summed E-state index contributed by atoms with van der Waals surface area (Å²) >= 11 is 0. The van der Waals surface area contributed by atoms with Crippen molar-refractivity contribution in [1.82, 2.24) is 20.0 Å². The molecule has 2 aromatic heterocycles. The van der Waals surface area contributed by atoms with Crippen LogP contribution in [0.15, 0.2) is 29.2 Å². The molecule has 1 aliphatic heterocycles. The van der Waals surface area contributed by atoms with E-state index in [1.54, 1.807) is 4.90 Å². The van der Waals surface area contributed by atoms with Crippen LogP contribution in [0.2, 0.25) is 0 Å². The van der Waals surface area contributed by atoms with E-state index in [0.29, 0.717) is 13.1 Å². The van der Waals surface area contributed by atoms with E-state index in [1.807, 2.05) is 6.07 Å². The Kier molecular flexibility index (Phi) is 3.96. The van der Waals surface area contributed by atoms with Crippen molar-refractivity contribution in [3.8, 4) is 11.9 Å². The van der Waals surface area contributed by atoms with E-state index in [0.717, 1.165) is 12.8 Å². The van der Waals surface area contributed by atoms with E-state index in [2.05, 4.69) is 15.1 Å². The number of aromatic nitrogens is 3. The first-order valence-electron chi connectivity index (χ1n) is 6.85. The first kappa shape index (κ1) is 14.0. The number of ether oxygens (including phenoxy) is 1. The van der Waals surface area contributed by atoms with Crippen molar-refractivity contribution in [2.75, 3.05) is 13.1 Å². The molecule has 0 bridgehead atoms. The summed E-state index contributed by atoms with van der Waals surface area (Å²) in [6.45, 7) is 1.03. The van der Waals surface area contributed by atoms with Crippen LogP contribution in [-0.2, 0) is 0 Å². The third-order valence-electron chi connectivity index (χ3n) is 3.36. The van der Waals surface area contributed by atoms with Crippen molar-refractivity contribution in [2.45, 2.75) is 18.9 Å². The van der Waals surface area contributed by atoms with Gasteiger partial charge in [-0.05, 0) is 12.8 Å². The molecule has 2 aromatic rings. The van der Waals surface area contributed by atoms with E-state index in [-0.39, 0.29) is 29.3 Å². The summed E-state index contributed by atoms with van der Waals surface area (Å²) in [4.78, 5) is 21.8. The lowest BCUT2D eigenvalue weighted by molar-refractivity contribution is 0.0491. The molecular weight excluding hydrogens is 286 g/mol. The van der Waals surface area contributed by atoms with Gasteiger partial charge in [-0.25, -0.2) is 9.97 Å². The molecule has 1 atom stereocenters. The Morgan fingerprint density at radius 2 is 2.27 bits per heavy atom. The van der Waals surface area contributed by atoms with E-state index >= 15 is 0 Å². The molecule has 1 fully saturated rings. The van der Waals surface area contributed by atoms with Crippen LogP contribution in [0, 0.1) is 11.3 Å². The van der Waals surface area contributed by atoms with Gasteiger partial charge in [0.05, 0.1) is 12.7 Å². The van der Waals surface area contributed by atoms with Gasteiger partial charge in [0.25, 0.3) is 11.8 Å². The molecule has 0 aliphatic carbocycles. The highest BCUT2D eigenvalue weighted by molar-refractivity contribution is 5.91. The Hall–Kier alpha value is -2.95. The first-order valence-corrected chi connectivity index (χ1v) is 6.85. The van der Waals surface area contributed by atoms with Gasteiger partial charge in [-0.3, -0.25) is 4.79 Å². The van der Waals surface area contributed by atoms with Gasteiger partial charge in [0.2, 0.25) is 11.5 Å².